The van der Waals surface area contributed by atoms with Crippen molar-refractivity contribution in [1.82, 2.24) is 15.0 Å². The molecule has 0 spiro atoms. The summed E-state index contributed by atoms with van der Waals surface area (Å²) in [6.07, 6.45) is 3.38. The van der Waals surface area contributed by atoms with Gasteiger partial charge in [0.15, 0.2) is 0 Å². The fraction of sp³-hybridized carbons (Fsp3) is 0. The molecular weight excluding hydrogens is 286 g/mol. The number of hydrogen-bond acceptors (Lipinski definition) is 6. The smallest absolute Gasteiger partial charge is 0.248 e. The number of nitrogens with two attached hydrogens (primary N) is 1. The number of anilines is 2. The van der Waals surface area contributed by atoms with Crippen LogP contribution in [0.4, 0.5) is 11.6 Å². The standard InChI is InChI=1S/C14H11N5OS/c15-12(20)9-2-1-3-10(8-9)18-14-17-5-4-11(19-14)13-16-6-7-21-13/h1-8H,(H2,15,20)(H,17,18,19). The molecule has 3 N–H and O–H groups in total. The van der Waals surface area contributed by atoms with Crippen molar-refractivity contribution in [1.29, 1.82) is 0 Å². The van der Waals surface area contributed by atoms with E-state index in [1.54, 1.807) is 36.7 Å². The van der Waals surface area contributed by atoms with Crippen LogP contribution < -0.4 is 11.1 Å². The van der Waals surface area contributed by atoms with Gasteiger partial charge in [-0.05, 0) is 24.3 Å². The van der Waals surface area contributed by atoms with Gasteiger partial charge >= 0.3 is 0 Å². The SMILES string of the molecule is NC(=O)c1cccc(Nc2nccc(-c3nccs3)n2)c1. The van der Waals surface area contributed by atoms with E-state index >= 15 is 0 Å². The van der Waals surface area contributed by atoms with Crippen LogP contribution in [0.3, 0.4) is 0 Å². The molecule has 0 saturated carbocycles. The second kappa shape index (κ2) is 5.68. The van der Waals surface area contributed by atoms with Gasteiger partial charge in [0.25, 0.3) is 0 Å². The van der Waals surface area contributed by atoms with Gasteiger partial charge < -0.3 is 11.1 Å². The first-order valence-electron chi connectivity index (χ1n) is 6.12. The highest BCUT2D eigenvalue weighted by atomic mass is 32.1. The number of thiazole rings is 1. The zero-order valence-corrected chi connectivity index (χ0v) is 11.7. The van der Waals surface area contributed by atoms with Crippen LogP contribution in [-0.2, 0) is 0 Å². The largest absolute Gasteiger partial charge is 0.366 e. The summed E-state index contributed by atoms with van der Waals surface area (Å²) in [5, 5.41) is 5.76. The Labute approximate surface area is 124 Å². The van der Waals surface area contributed by atoms with Crippen LogP contribution in [0.25, 0.3) is 10.7 Å². The first-order valence-corrected chi connectivity index (χ1v) is 7.00. The maximum absolute atomic E-state index is 11.2. The maximum Gasteiger partial charge on any atom is 0.248 e. The molecule has 6 nitrogen and oxygen atoms in total. The number of nitrogens with zero attached hydrogens (tertiary/aromatic N) is 3. The average Bonchev–Trinajstić information content (AvgIpc) is 3.02. The molecule has 0 aliphatic heterocycles. The van der Waals surface area contributed by atoms with Gasteiger partial charge in [-0.25, -0.2) is 15.0 Å². The monoisotopic (exact) mass is 297 g/mol. The molecule has 2 aromatic heterocycles. The molecule has 0 radical (unpaired) electrons. The predicted octanol–water partition coefficient (Wildman–Crippen LogP) is 2.44. The van der Waals surface area contributed by atoms with Crippen molar-refractivity contribution < 1.29 is 4.79 Å². The Bertz CT molecular complexity index is 773. The van der Waals surface area contributed by atoms with E-state index in [0.717, 1.165) is 10.7 Å². The zero-order chi connectivity index (χ0) is 14.7. The summed E-state index contributed by atoms with van der Waals surface area (Å²) >= 11 is 1.51. The second-order valence-electron chi connectivity index (χ2n) is 4.17. The molecule has 104 valence electrons. The van der Waals surface area contributed by atoms with Gasteiger partial charge in [0, 0.05) is 29.0 Å². The van der Waals surface area contributed by atoms with Crippen molar-refractivity contribution in [3.63, 3.8) is 0 Å². The van der Waals surface area contributed by atoms with E-state index in [0.29, 0.717) is 17.2 Å². The summed E-state index contributed by atoms with van der Waals surface area (Å²) < 4.78 is 0. The van der Waals surface area contributed by atoms with E-state index in [9.17, 15) is 4.79 Å². The molecule has 1 aromatic carbocycles. The quantitative estimate of drug-likeness (QED) is 0.771. The Morgan fingerprint density at radius 2 is 2.10 bits per heavy atom. The third kappa shape index (κ3) is 3.03. The summed E-state index contributed by atoms with van der Waals surface area (Å²) in [5.41, 5.74) is 7.13. The molecule has 1 amide bonds. The summed E-state index contributed by atoms with van der Waals surface area (Å²) in [5.74, 6) is -0.0413. The highest BCUT2D eigenvalue weighted by Crippen LogP contribution is 2.21. The van der Waals surface area contributed by atoms with Gasteiger partial charge in [0.2, 0.25) is 11.9 Å². The molecule has 2 heterocycles. The van der Waals surface area contributed by atoms with E-state index in [-0.39, 0.29) is 0 Å². The highest BCUT2D eigenvalue weighted by Gasteiger charge is 2.06. The zero-order valence-electron chi connectivity index (χ0n) is 10.9. The molecule has 0 aliphatic carbocycles. The number of amides is 1. The molecular formula is C14H11N5OS. The highest BCUT2D eigenvalue weighted by molar-refractivity contribution is 7.13. The molecule has 0 bridgehead atoms. The van der Waals surface area contributed by atoms with Crippen LogP contribution in [0.1, 0.15) is 10.4 Å². The topological polar surface area (TPSA) is 93.8 Å². The fourth-order valence-corrected chi connectivity index (χ4v) is 2.37. The van der Waals surface area contributed by atoms with Crippen LogP contribution in [0.15, 0.2) is 48.1 Å². The van der Waals surface area contributed by atoms with Crippen LogP contribution in [-0.4, -0.2) is 20.9 Å². The minimum absolute atomic E-state index is 0.427. The number of hydrogen-bond donors (Lipinski definition) is 2. The number of nitrogens with one attached hydrogen (secondary N) is 1. The molecule has 3 aromatic rings. The molecule has 0 aliphatic rings. The lowest BCUT2D eigenvalue weighted by Gasteiger charge is -2.06. The summed E-state index contributed by atoms with van der Waals surface area (Å²) in [7, 11) is 0. The van der Waals surface area contributed by atoms with Crippen LogP contribution in [0, 0.1) is 0 Å². The molecule has 0 atom stereocenters. The van der Waals surface area contributed by atoms with E-state index in [2.05, 4.69) is 20.3 Å². The Kier molecular flexibility index (Phi) is 3.57. The molecule has 7 heteroatoms. The fourth-order valence-electron chi connectivity index (χ4n) is 1.77. The van der Waals surface area contributed by atoms with Gasteiger partial charge in [-0.3, -0.25) is 4.79 Å². The number of benzene rings is 1. The van der Waals surface area contributed by atoms with Crippen molar-refractivity contribution in [2.45, 2.75) is 0 Å². The van der Waals surface area contributed by atoms with Crippen molar-refractivity contribution in [2.75, 3.05) is 5.32 Å². The van der Waals surface area contributed by atoms with E-state index < -0.39 is 5.91 Å². The number of primary amides is 1. The lowest BCUT2D eigenvalue weighted by Crippen LogP contribution is -2.11. The van der Waals surface area contributed by atoms with Gasteiger partial charge in [0.05, 0.1) is 0 Å². The summed E-state index contributed by atoms with van der Waals surface area (Å²) in [6, 6.07) is 8.66. The van der Waals surface area contributed by atoms with Gasteiger partial charge in [-0.15, -0.1) is 11.3 Å². The second-order valence-corrected chi connectivity index (χ2v) is 5.07. The Morgan fingerprint density at radius 1 is 1.19 bits per heavy atom. The number of aromatic nitrogens is 3. The van der Waals surface area contributed by atoms with Crippen LogP contribution in [0.2, 0.25) is 0 Å². The van der Waals surface area contributed by atoms with Crippen molar-refractivity contribution in [3.05, 3.63) is 53.7 Å². The normalized spacial score (nSPS) is 10.3. The first kappa shape index (κ1) is 13.2. The van der Waals surface area contributed by atoms with Gasteiger partial charge in [-0.2, -0.15) is 0 Å². The van der Waals surface area contributed by atoms with E-state index in [1.807, 2.05) is 11.4 Å². The van der Waals surface area contributed by atoms with Crippen molar-refractivity contribution in [3.8, 4) is 10.7 Å². The lowest BCUT2D eigenvalue weighted by atomic mass is 10.2. The Morgan fingerprint density at radius 3 is 2.86 bits per heavy atom. The number of carbonyl (C=O) groups excluding carboxylic acids is 1. The van der Waals surface area contributed by atoms with Crippen molar-refractivity contribution >= 4 is 28.9 Å². The Balaban J connectivity index is 1.87. The third-order valence-corrected chi connectivity index (χ3v) is 3.51. The van der Waals surface area contributed by atoms with Gasteiger partial charge in [-0.1, -0.05) is 6.07 Å². The van der Waals surface area contributed by atoms with E-state index in [1.165, 1.54) is 11.3 Å². The number of rotatable bonds is 4. The Hall–Kier alpha value is -2.80. The van der Waals surface area contributed by atoms with Crippen LogP contribution in [0.5, 0.6) is 0 Å². The molecule has 3 rings (SSSR count). The summed E-state index contributed by atoms with van der Waals surface area (Å²) in [6.45, 7) is 0. The molecule has 0 unspecified atom stereocenters. The lowest BCUT2D eigenvalue weighted by molar-refractivity contribution is 0.100. The number of carbonyl (C=O) groups is 1. The summed E-state index contributed by atoms with van der Waals surface area (Å²) in [4.78, 5) is 23.9. The maximum atomic E-state index is 11.2. The third-order valence-electron chi connectivity index (χ3n) is 2.71. The van der Waals surface area contributed by atoms with Crippen molar-refractivity contribution in [2.24, 2.45) is 5.73 Å². The molecule has 0 fully saturated rings. The molecule has 0 saturated heterocycles. The minimum atomic E-state index is -0.476. The van der Waals surface area contributed by atoms with Crippen LogP contribution >= 0.6 is 11.3 Å². The average molecular weight is 297 g/mol. The van der Waals surface area contributed by atoms with E-state index in [4.69, 9.17) is 5.73 Å². The minimum Gasteiger partial charge on any atom is -0.366 e. The first-order chi connectivity index (χ1) is 10.2. The predicted molar refractivity (Wildman–Crippen MR) is 81.4 cm³/mol. The van der Waals surface area contributed by atoms with Gasteiger partial charge in [0.1, 0.15) is 10.7 Å². The molecule has 21 heavy (non-hydrogen) atoms.